The number of hydrogen-bond donors (Lipinski definition) is 0. The Hall–Kier alpha value is -1.84. The Morgan fingerprint density at radius 1 is 1.42 bits per heavy atom. The summed E-state index contributed by atoms with van der Waals surface area (Å²) in [5.41, 5.74) is 1.67. The molecule has 3 unspecified atom stereocenters. The minimum atomic E-state index is -0.135. The Kier molecular flexibility index (Phi) is 2.81. The molecule has 1 heterocycles. The topological polar surface area (TPSA) is 52.6 Å². The number of ketones is 1. The Labute approximate surface area is 111 Å². The highest BCUT2D eigenvalue weighted by Gasteiger charge is 2.59. The Balaban J connectivity index is 1.87. The quantitative estimate of drug-likeness (QED) is 0.617. The molecule has 0 aromatic heterocycles. The number of fused-ring (bicyclic) bond motifs is 3. The Morgan fingerprint density at radius 2 is 2.21 bits per heavy atom. The summed E-state index contributed by atoms with van der Waals surface area (Å²) < 4.78 is 10.8. The molecule has 1 saturated carbocycles. The third-order valence-corrected chi connectivity index (χ3v) is 3.94. The van der Waals surface area contributed by atoms with Crippen molar-refractivity contribution in [2.75, 3.05) is 13.2 Å². The van der Waals surface area contributed by atoms with Crippen molar-refractivity contribution in [3.8, 4) is 5.75 Å². The van der Waals surface area contributed by atoms with Crippen LogP contribution >= 0.6 is 0 Å². The number of carbonyl (C=O) groups excluding carboxylic acids is 2. The zero-order valence-electron chi connectivity index (χ0n) is 11.0. The van der Waals surface area contributed by atoms with Gasteiger partial charge in [0.1, 0.15) is 5.75 Å². The van der Waals surface area contributed by atoms with E-state index in [0.717, 1.165) is 11.3 Å². The van der Waals surface area contributed by atoms with E-state index in [1.807, 2.05) is 13.0 Å². The number of hydrogen-bond acceptors (Lipinski definition) is 4. The van der Waals surface area contributed by atoms with E-state index in [9.17, 15) is 9.59 Å². The summed E-state index contributed by atoms with van der Waals surface area (Å²) in [6.07, 6.45) is 0. The molecule has 3 rings (SSSR count). The number of rotatable bonds is 3. The van der Waals surface area contributed by atoms with E-state index < -0.39 is 0 Å². The molecule has 100 valence electrons. The van der Waals surface area contributed by atoms with E-state index in [0.29, 0.717) is 18.8 Å². The van der Waals surface area contributed by atoms with Crippen LogP contribution in [0.15, 0.2) is 18.2 Å². The fraction of sp³-hybridized carbons (Fsp3) is 0.467. The summed E-state index contributed by atoms with van der Waals surface area (Å²) in [5, 5.41) is 0. The molecular weight excluding hydrogens is 244 g/mol. The molecule has 1 aliphatic heterocycles. The maximum Gasteiger partial charge on any atom is 0.309 e. The van der Waals surface area contributed by atoms with Crippen LogP contribution in [-0.2, 0) is 9.53 Å². The highest BCUT2D eigenvalue weighted by Crippen LogP contribution is 2.59. The molecule has 1 aromatic carbocycles. The predicted octanol–water partition coefficient (Wildman–Crippen LogP) is 2.17. The van der Waals surface area contributed by atoms with E-state index in [-0.39, 0.29) is 29.5 Å². The van der Waals surface area contributed by atoms with Crippen molar-refractivity contribution in [2.45, 2.75) is 19.8 Å². The second kappa shape index (κ2) is 4.37. The molecule has 0 spiro atoms. The van der Waals surface area contributed by atoms with Gasteiger partial charge >= 0.3 is 5.97 Å². The minimum absolute atomic E-state index is 0.0197. The number of esters is 1. The zero-order chi connectivity index (χ0) is 13.6. The number of Topliss-reactive ketones (excluding diaryl/α,β-unsaturated/α-hetero) is 1. The third kappa shape index (κ3) is 1.91. The summed E-state index contributed by atoms with van der Waals surface area (Å²) in [7, 11) is 0. The minimum Gasteiger partial charge on any atom is -0.493 e. The van der Waals surface area contributed by atoms with Crippen molar-refractivity contribution in [2.24, 2.45) is 11.8 Å². The highest BCUT2D eigenvalue weighted by molar-refractivity contribution is 5.94. The standard InChI is InChI=1S/C15H16O4/c1-3-18-15(17)14-11-7-19-12-6-9(8(2)16)4-5-10(12)13(11)14/h4-6,11,13-14H,3,7H2,1-2H3. The summed E-state index contributed by atoms with van der Waals surface area (Å²) in [6.45, 7) is 4.29. The normalized spacial score (nSPS) is 26.7. The first-order valence-corrected chi connectivity index (χ1v) is 6.57. The van der Waals surface area contributed by atoms with Gasteiger partial charge in [0, 0.05) is 17.4 Å². The van der Waals surface area contributed by atoms with Gasteiger partial charge in [0.15, 0.2) is 5.78 Å². The second-order valence-electron chi connectivity index (χ2n) is 5.09. The SMILES string of the molecule is CCOC(=O)C1C2COc3cc(C(C)=O)ccc3C21. The van der Waals surface area contributed by atoms with Crippen molar-refractivity contribution in [3.05, 3.63) is 29.3 Å². The van der Waals surface area contributed by atoms with Gasteiger partial charge in [-0.15, -0.1) is 0 Å². The average molecular weight is 260 g/mol. The molecule has 4 nitrogen and oxygen atoms in total. The smallest absolute Gasteiger partial charge is 0.309 e. The lowest BCUT2D eigenvalue weighted by Crippen LogP contribution is -2.11. The van der Waals surface area contributed by atoms with Crippen LogP contribution < -0.4 is 4.74 Å². The van der Waals surface area contributed by atoms with Gasteiger partial charge in [-0.3, -0.25) is 9.59 Å². The molecular formula is C15H16O4. The summed E-state index contributed by atoms with van der Waals surface area (Å²) in [6, 6.07) is 5.48. The largest absolute Gasteiger partial charge is 0.493 e. The maximum absolute atomic E-state index is 11.8. The first-order valence-electron chi connectivity index (χ1n) is 6.57. The molecule has 19 heavy (non-hydrogen) atoms. The first-order chi connectivity index (χ1) is 9.13. The molecule has 0 N–H and O–H groups in total. The Morgan fingerprint density at radius 3 is 2.89 bits per heavy atom. The molecule has 0 amide bonds. The van der Waals surface area contributed by atoms with Crippen LogP contribution in [0, 0.1) is 11.8 Å². The van der Waals surface area contributed by atoms with Crippen molar-refractivity contribution in [3.63, 3.8) is 0 Å². The number of ether oxygens (including phenoxy) is 2. The Bertz CT molecular complexity index is 549. The van der Waals surface area contributed by atoms with Crippen LogP contribution in [0.5, 0.6) is 5.75 Å². The summed E-state index contributed by atoms with van der Waals surface area (Å²) in [4.78, 5) is 23.2. The molecule has 0 saturated heterocycles. The summed E-state index contributed by atoms with van der Waals surface area (Å²) >= 11 is 0. The van der Waals surface area contributed by atoms with Gasteiger partial charge < -0.3 is 9.47 Å². The van der Waals surface area contributed by atoms with E-state index in [4.69, 9.17) is 9.47 Å². The first kappa shape index (κ1) is 12.2. The molecule has 1 aliphatic carbocycles. The predicted molar refractivity (Wildman–Crippen MR) is 68.3 cm³/mol. The van der Waals surface area contributed by atoms with Crippen molar-refractivity contribution >= 4 is 11.8 Å². The van der Waals surface area contributed by atoms with Gasteiger partial charge in [-0.1, -0.05) is 12.1 Å². The molecule has 2 aliphatic rings. The van der Waals surface area contributed by atoms with Crippen LogP contribution in [0.3, 0.4) is 0 Å². The van der Waals surface area contributed by atoms with Crippen LogP contribution in [0.1, 0.15) is 35.7 Å². The van der Waals surface area contributed by atoms with Crippen molar-refractivity contribution in [1.82, 2.24) is 0 Å². The van der Waals surface area contributed by atoms with Crippen LogP contribution in [0.25, 0.3) is 0 Å². The van der Waals surface area contributed by atoms with Crippen LogP contribution in [-0.4, -0.2) is 25.0 Å². The van der Waals surface area contributed by atoms with Gasteiger partial charge in [-0.2, -0.15) is 0 Å². The molecule has 3 atom stereocenters. The van der Waals surface area contributed by atoms with Gasteiger partial charge in [-0.25, -0.2) is 0 Å². The van der Waals surface area contributed by atoms with Gasteiger partial charge in [0.05, 0.1) is 19.1 Å². The lowest BCUT2D eigenvalue weighted by Gasteiger charge is -2.16. The van der Waals surface area contributed by atoms with Gasteiger partial charge in [0.2, 0.25) is 0 Å². The fourth-order valence-electron chi connectivity index (χ4n) is 2.90. The second-order valence-corrected chi connectivity index (χ2v) is 5.09. The van der Waals surface area contributed by atoms with Gasteiger partial charge in [0.25, 0.3) is 0 Å². The maximum atomic E-state index is 11.8. The number of carbonyl (C=O) groups is 2. The lowest BCUT2D eigenvalue weighted by atomic mass is 10.0. The zero-order valence-corrected chi connectivity index (χ0v) is 11.0. The van der Waals surface area contributed by atoms with Crippen molar-refractivity contribution < 1.29 is 19.1 Å². The molecule has 1 aromatic rings. The molecule has 1 fully saturated rings. The molecule has 0 bridgehead atoms. The number of benzene rings is 1. The van der Waals surface area contributed by atoms with E-state index in [2.05, 4.69) is 0 Å². The van der Waals surface area contributed by atoms with E-state index in [1.165, 1.54) is 6.92 Å². The van der Waals surface area contributed by atoms with Crippen LogP contribution in [0.2, 0.25) is 0 Å². The monoisotopic (exact) mass is 260 g/mol. The fourth-order valence-corrected chi connectivity index (χ4v) is 2.90. The van der Waals surface area contributed by atoms with Crippen LogP contribution in [0.4, 0.5) is 0 Å². The van der Waals surface area contributed by atoms with E-state index in [1.54, 1.807) is 12.1 Å². The molecule has 0 radical (unpaired) electrons. The lowest BCUT2D eigenvalue weighted by molar-refractivity contribution is -0.145. The van der Waals surface area contributed by atoms with E-state index >= 15 is 0 Å². The molecule has 4 heteroatoms. The average Bonchev–Trinajstić information content (AvgIpc) is 3.13. The third-order valence-electron chi connectivity index (χ3n) is 3.94. The van der Waals surface area contributed by atoms with Crippen molar-refractivity contribution in [1.29, 1.82) is 0 Å². The highest BCUT2D eigenvalue weighted by atomic mass is 16.5. The van der Waals surface area contributed by atoms with Gasteiger partial charge in [-0.05, 0) is 25.5 Å². The summed E-state index contributed by atoms with van der Waals surface area (Å²) in [5.74, 6) is 0.972.